The number of rotatable bonds is 3. The lowest BCUT2D eigenvalue weighted by Crippen LogP contribution is -1.99. The van der Waals surface area contributed by atoms with Gasteiger partial charge in [0.25, 0.3) is 0 Å². The van der Waals surface area contributed by atoms with E-state index in [9.17, 15) is 4.79 Å². The van der Waals surface area contributed by atoms with Crippen LogP contribution in [0.4, 0.5) is 0 Å². The Morgan fingerprint density at radius 1 is 1.27 bits per heavy atom. The highest BCUT2D eigenvalue weighted by atomic mass is 79.9. The minimum absolute atomic E-state index is 0.172. The normalized spacial score (nSPS) is 10.5. The molecule has 2 aromatic heterocycles. The predicted molar refractivity (Wildman–Crippen MR) is 72.1 cm³/mol. The van der Waals surface area contributed by atoms with Gasteiger partial charge in [-0.15, -0.1) is 22.7 Å². The van der Waals surface area contributed by atoms with Crippen LogP contribution in [0.1, 0.15) is 14.5 Å². The van der Waals surface area contributed by atoms with Gasteiger partial charge in [0.15, 0.2) is 5.78 Å². The molecule has 5 heteroatoms. The lowest BCUT2D eigenvalue weighted by molar-refractivity contribution is 0.0997. The van der Waals surface area contributed by atoms with Gasteiger partial charge < -0.3 is 0 Å². The second kappa shape index (κ2) is 4.91. The molecule has 0 saturated heterocycles. The zero-order valence-electron chi connectivity index (χ0n) is 7.50. The van der Waals surface area contributed by atoms with E-state index < -0.39 is 0 Å². The van der Waals surface area contributed by atoms with Crippen LogP contribution in [-0.4, -0.2) is 5.78 Å². The number of hydrogen-bond acceptors (Lipinski definition) is 3. The molecule has 0 aliphatic carbocycles. The Kier molecular flexibility index (Phi) is 3.77. The van der Waals surface area contributed by atoms with Crippen LogP contribution in [-0.2, 0) is 6.42 Å². The van der Waals surface area contributed by atoms with E-state index in [0.717, 1.165) is 18.0 Å². The second-order valence-electron chi connectivity index (χ2n) is 2.90. The zero-order valence-corrected chi connectivity index (χ0v) is 12.3. The van der Waals surface area contributed by atoms with Crippen molar-refractivity contribution in [3.63, 3.8) is 0 Å². The van der Waals surface area contributed by atoms with Gasteiger partial charge >= 0.3 is 0 Å². The molecule has 0 radical (unpaired) electrons. The molecule has 0 amide bonds. The fraction of sp³-hybridized carbons (Fsp3) is 0.100. The minimum atomic E-state index is 0.172. The summed E-state index contributed by atoms with van der Waals surface area (Å²) in [6, 6.07) is 5.85. The highest BCUT2D eigenvalue weighted by Crippen LogP contribution is 2.27. The SMILES string of the molecule is O=C(Cc1ccc(Br)s1)c1sccc1Br. The summed E-state index contributed by atoms with van der Waals surface area (Å²) in [5.41, 5.74) is 0. The van der Waals surface area contributed by atoms with Gasteiger partial charge in [-0.05, 0) is 55.4 Å². The van der Waals surface area contributed by atoms with E-state index in [1.54, 1.807) is 11.3 Å². The van der Waals surface area contributed by atoms with Crippen molar-refractivity contribution in [2.45, 2.75) is 6.42 Å². The van der Waals surface area contributed by atoms with Crippen molar-refractivity contribution >= 4 is 60.3 Å². The van der Waals surface area contributed by atoms with Crippen LogP contribution in [0, 0.1) is 0 Å². The molecule has 2 heterocycles. The maximum absolute atomic E-state index is 11.9. The maximum Gasteiger partial charge on any atom is 0.179 e. The van der Waals surface area contributed by atoms with Gasteiger partial charge in [-0.1, -0.05) is 0 Å². The highest BCUT2D eigenvalue weighted by Gasteiger charge is 2.13. The molecular weight excluding hydrogens is 360 g/mol. The molecule has 0 aliphatic rings. The first-order chi connectivity index (χ1) is 7.16. The van der Waals surface area contributed by atoms with E-state index >= 15 is 0 Å². The number of hydrogen-bond donors (Lipinski definition) is 0. The van der Waals surface area contributed by atoms with Gasteiger partial charge in [-0.25, -0.2) is 0 Å². The maximum atomic E-state index is 11.9. The van der Waals surface area contributed by atoms with E-state index in [0.29, 0.717) is 6.42 Å². The summed E-state index contributed by atoms with van der Waals surface area (Å²) in [5, 5.41) is 1.92. The van der Waals surface area contributed by atoms with Crippen molar-refractivity contribution in [1.82, 2.24) is 0 Å². The van der Waals surface area contributed by atoms with Crippen molar-refractivity contribution in [3.05, 3.63) is 41.6 Å². The first kappa shape index (κ1) is 11.5. The largest absolute Gasteiger partial charge is 0.293 e. The average Bonchev–Trinajstić information content (AvgIpc) is 2.75. The summed E-state index contributed by atoms with van der Waals surface area (Å²) in [4.78, 5) is 13.8. The summed E-state index contributed by atoms with van der Waals surface area (Å²) < 4.78 is 1.96. The smallest absolute Gasteiger partial charge is 0.179 e. The molecule has 2 rings (SSSR count). The van der Waals surface area contributed by atoms with Crippen molar-refractivity contribution in [1.29, 1.82) is 0 Å². The lowest BCUT2D eigenvalue weighted by atomic mass is 10.2. The van der Waals surface area contributed by atoms with Crippen LogP contribution in [0.5, 0.6) is 0 Å². The Hall–Kier alpha value is 0.0300. The number of Topliss-reactive ketones (excluding diaryl/α,β-unsaturated/α-hetero) is 1. The van der Waals surface area contributed by atoms with Gasteiger partial charge in [0, 0.05) is 15.8 Å². The summed E-state index contributed by atoms with van der Waals surface area (Å²) in [7, 11) is 0. The van der Waals surface area contributed by atoms with E-state index in [2.05, 4.69) is 31.9 Å². The molecule has 0 fully saturated rings. The second-order valence-corrected chi connectivity index (χ2v) is 7.22. The number of halogens is 2. The van der Waals surface area contributed by atoms with Gasteiger partial charge in [-0.2, -0.15) is 0 Å². The van der Waals surface area contributed by atoms with Crippen molar-refractivity contribution in [3.8, 4) is 0 Å². The number of carbonyl (C=O) groups is 1. The van der Waals surface area contributed by atoms with Crippen LogP contribution in [0.25, 0.3) is 0 Å². The third-order valence-electron chi connectivity index (χ3n) is 1.83. The van der Waals surface area contributed by atoms with Gasteiger partial charge in [-0.3, -0.25) is 4.79 Å². The molecular formula is C10H6Br2OS2. The van der Waals surface area contributed by atoms with E-state index in [1.165, 1.54) is 11.3 Å². The summed E-state index contributed by atoms with van der Waals surface area (Å²) in [6.07, 6.45) is 0.482. The molecule has 0 spiro atoms. The third kappa shape index (κ3) is 2.78. The highest BCUT2D eigenvalue weighted by molar-refractivity contribution is 9.11. The molecule has 0 unspecified atom stereocenters. The van der Waals surface area contributed by atoms with E-state index in [-0.39, 0.29) is 5.78 Å². The fourth-order valence-corrected chi connectivity index (χ4v) is 4.19. The van der Waals surface area contributed by atoms with Crippen LogP contribution >= 0.6 is 54.5 Å². The van der Waals surface area contributed by atoms with Crippen LogP contribution in [0.2, 0.25) is 0 Å². The Morgan fingerprint density at radius 3 is 2.60 bits per heavy atom. The quantitative estimate of drug-likeness (QED) is 0.716. The van der Waals surface area contributed by atoms with Crippen LogP contribution < -0.4 is 0 Å². The molecule has 15 heavy (non-hydrogen) atoms. The van der Waals surface area contributed by atoms with Crippen molar-refractivity contribution < 1.29 is 4.79 Å². The summed E-state index contributed by atoms with van der Waals surface area (Å²) in [5.74, 6) is 0.172. The first-order valence-electron chi connectivity index (χ1n) is 4.17. The number of ketones is 1. The minimum Gasteiger partial charge on any atom is -0.293 e. The van der Waals surface area contributed by atoms with Gasteiger partial charge in [0.2, 0.25) is 0 Å². The van der Waals surface area contributed by atoms with Gasteiger partial charge in [0.05, 0.1) is 8.66 Å². The molecule has 2 aromatic rings. The Labute approximate surface area is 112 Å². The topological polar surface area (TPSA) is 17.1 Å². The molecule has 0 N–H and O–H groups in total. The Balaban J connectivity index is 2.14. The van der Waals surface area contributed by atoms with Gasteiger partial charge in [0.1, 0.15) is 0 Å². The molecule has 0 aliphatic heterocycles. The monoisotopic (exact) mass is 364 g/mol. The Bertz CT molecular complexity index is 487. The van der Waals surface area contributed by atoms with Crippen LogP contribution in [0.15, 0.2) is 31.8 Å². The molecule has 0 atom stereocenters. The Morgan fingerprint density at radius 2 is 2.07 bits per heavy atom. The molecule has 1 nitrogen and oxygen atoms in total. The first-order valence-corrected chi connectivity index (χ1v) is 7.45. The predicted octanol–water partition coefficient (Wildman–Crippen LogP) is 4.76. The standard InChI is InChI=1S/C10H6Br2OS2/c11-7-3-4-14-10(7)8(13)5-6-1-2-9(12)15-6/h1-4H,5H2. The van der Waals surface area contributed by atoms with E-state index in [1.807, 2.05) is 23.6 Å². The average molecular weight is 366 g/mol. The summed E-state index contributed by atoms with van der Waals surface area (Å²) >= 11 is 9.84. The number of carbonyl (C=O) groups excluding carboxylic acids is 1. The van der Waals surface area contributed by atoms with Crippen molar-refractivity contribution in [2.24, 2.45) is 0 Å². The van der Waals surface area contributed by atoms with Crippen molar-refractivity contribution in [2.75, 3.05) is 0 Å². The molecule has 0 bridgehead atoms. The molecule has 0 aromatic carbocycles. The summed E-state index contributed by atoms with van der Waals surface area (Å²) in [6.45, 7) is 0. The third-order valence-corrected chi connectivity index (χ3v) is 5.34. The number of thiophene rings is 2. The zero-order chi connectivity index (χ0) is 10.8. The fourth-order valence-electron chi connectivity index (χ4n) is 1.18. The molecule has 78 valence electrons. The van der Waals surface area contributed by atoms with Crippen LogP contribution in [0.3, 0.4) is 0 Å². The van der Waals surface area contributed by atoms with E-state index in [4.69, 9.17) is 0 Å². The lowest BCUT2D eigenvalue weighted by Gasteiger charge is -1.95. The molecule has 0 saturated carbocycles.